The fourth-order valence-corrected chi connectivity index (χ4v) is 2.66. The second kappa shape index (κ2) is 7.50. The van der Waals surface area contributed by atoms with E-state index in [0.717, 1.165) is 25.8 Å². The van der Waals surface area contributed by atoms with Crippen LogP contribution < -0.4 is 11.1 Å². The van der Waals surface area contributed by atoms with Crippen LogP contribution in [-0.4, -0.2) is 23.6 Å². The Hall–Kier alpha value is -1.07. The van der Waals surface area contributed by atoms with Gasteiger partial charge in [0.1, 0.15) is 5.84 Å². The predicted octanol–water partition coefficient (Wildman–Crippen LogP) is 2.82. The van der Waals surface area contributed by atoms with Gasteiger partial charge in [0.2, 0.25) is 0 Å². The summed E-state index contributed by atoms with van der Waals surface area (Å²) >= 11 is 1.74. The largest absolute Gasteiger partial charge is 0.409 e. The van der Waals surface area contributed by atoms with Gasteiger partial charge in [-0.2, -0.15) is 11.3 Å². The molecule has 1 unspecified atom stereocenters. The molecule has 0 fully saturated rings. The standard InChI is InChI=1S/C14H25N3OS/c1-11(9-12-5-8-19-10-12)16-7-4-6-14(2,3)13(15)17-18/h5,8,10-11,16,18H,4,6-7,9H2,1-3H3,(H2,15,17). The van der Waals surface area contributed by atoms with Gasteiger partial charge in [-0.15, -0.1) is 0 Å². The number of hydrogen-bond acceptors (Lipinski definition) is 4. The van der Waals surface area contributed by atoms with E-state index in [4.69, 9.17) is 10.9 Å². The van der Waals surface area contributed by atoms with Gasteiger partial charge in [0.05, 0.1) is 0 Å². The SMILES string of the molecule is CC(Cc1ccsc1)NCCCC(C)(C)C(N)=NO. The van der Waals surface area contributed by atoms with E-state index in [9.17, 15) is 0 Å². The van der Waals surface area contributed by atoms with Gasteiger partial charge < -0.3 is 16.3 Å². The van der Waals surface area contributed by atoms with Crippen LogP contribution in [0, 0.1) is 5.41 Å². The Kier molecular flexibility index (Phi) is 6.31. The molecule has 1 aromatic rings. The van der Waals surface area contributed by atoms with E-state index in [2.05, 4.69) is 34.2 Å². The molecule has 1 heterocycles. The molecule has 1 rings (SSSR count). The lowest BCUT2D eigenvalue weighted by atomic mass is 9.86. The highest BCUT2D eigenvalue weighted by Crippen LogP contribution is 2.22. The van der Waals surface area contributed by atoms with E-state index in [-0.39, 0.29) is 5.41 Å². The van der Waals surface area contributed by atoms with Crippen LogP contribution in [0.4, 0.5) is 0 Å². The molecular weight excluding hydrogens is 258 g/mol. The molecule has 1 atom stereocenters. The van der Waals surface area contributed by atoms with Gasteiger partial charge in [-0.05, 0) is 55.1 Å². The van der Waals surface area contributed by atoms with E-state index in [0.29, 0.717) is 11.9 Å². The molecule has 0 aromatic carbocycles. The van der Waals surface area contributed by atoms with E-state index in [1.54, 1.807) is 11.3 Å². The Labute approximate surface area is 119 Å². The Morgan fingerprint density at radius 2 is 2.32 bits per heavy atom. The molecule has 0 aliphatic heterocycles. The molecule has 0 radical (unpaired) electrons. The number of thiophene rings is 1. The van der Waals surface area contributed by atoms with Crippen molar-refractivity contribution in [2.45, 2.75) is 46.1 Å². The summed E-state index contributed by atoms with van der Waals surface area (Å²) < 4.78 is 0. The van der Waals surface area contributed by atoms with Gasteiger partial charge in [-0.1, -0.05) is 19.0 Å². The van der Waals surface area contributed by atoms with Crippen molar-refractivity contribution in [2.24, 2.45) is 16.3 Å². The maximum Gasteiger partial charge on any atom is 0.144 e. The third-order valence-corrected chi connectivity index (χ3v) is 4.13. The lowest BCUT2D eigenvalue weighted by Gasteiger charge is -2.23. The Balaban J connectivity index is 2.20. The molecular formula is C14H25N3OS. The predicted molar refractivity (Wildman–Crippen MR) is 81.9 cm³/mol. The number of rotatable bonds is 8. The number of oxime groups is 1. The maximum atomic E-state index is 8.71. The van der Waals surface area contributed by atoms with Crippen LogP contribution in [0.1, 0.15) is 39.2 Å². The van der Waals surface area contributed by atoms with Crippen LogP contribution in [0.5, 0.6) is 0 Å². The zero-order valence-electron chi connectivity index (χ0n) is 12.0. The average Bonchev–Trinajstić information content (AvgIpc) is 2.86. The molecule has 0 amide bonds. The topological polar surface area (TPSA) is 70.6 Å². The second-order valence-corrected chi connectivity index (χ2v) is 6.44. The van der Waals surface area contributed by atoms with E-state index in [1.807, 2.05) is 13.8 Å². The number of nitrogens with one attached hydrogen (secondary N) is 1. The molecule has 0 aliphatic rings. The van der Waals surface area contributed by atoms with Crippen molar-refractivity contribution < 1.29 is 5.21 Å². The third kappa shape index (κ3) is 5.61. The van der Waals surface area contributed by atoms with Gasteiger partial charge in [0.15, 0.2) is 0 Å². The number of amidine groups is 1. The lowest BCUT2D eigenvalue weighted by Crippen LogP contribution is -2.34. The first kappa shape index (κ1) is 16.0. The summed E-state index contributed by atoms with van der Waals surface area (Å²) in [6.45, 7) is 7.15. The van der Waals surface area contributed by atoms with Crippen LogP contribution in [-0.2, 0) is 6.42 Å². The quantitative estimate of drug-likeness (QED) is 0.226. The van der Waals surface area contributed by atoms with Gasteiger partial charge in [-0.25, -0.2) is 0 Å². The van der Waals surface area contributed by atoms with Crippen LogP contribution in [0.15, 0.2) is 22.0 Å². The minimum Gasteiger partial charge on any atom is -0.409 e. The van der Waals surface area contributed by atoms with Crippen molar-refractivity contribution in [3.8, 4) is 0 Å². The summed E-state index contributed by atoms with van der Waals surface area (Å²) in [5, 5.41) is 19.6. The number of nitrogens with two attached hydrogens (primary N) is 1. The average molecular weight is 283 g/mol. The maximum absolute atomic E-state index is 8.71. The molecule has 0 spiro atoms. The summed E-state index contributed by atoms with van der Waals surface area (Å²) in [6, 6.07) is 2.64. The van der Waals surface area contributed by atoms with E-state index < -0.39 is 0 Å². The first-order valence-corrected chi connectivity index (χ1v) is 7.62. The zero-order chi connectivity index (χ0) is 14.3. The fourth-order valence-electron chi connectivity index (χ4n) is 1.98. The van der Waals surface area contributed by atoms with E-state index >= 15 is 0 Å². The summed E-state index contributed by atoms with van der Waals surface area (Å²) in [6.07, 6.45) is 2.98. The highest BCUT2D eigenvalue weighted by Gasteiger charge is 2.22. The van der Waals surface area contributed by atoms with Crippen LogP contribution in [0.25, 0.3) is 0 Å². The van der Waals surface area contributed by atoms with Crippen molar-refractivity contribution in [2.75, 3.05) is 6.54 Å². The van der Waals surface area contributed by atoms with Crippen molar-refractivity contribution in [3.63, 3.8) is 0 Å². The molecule has 4 N–H and O–H groups in total. The minimum absolute atomic E-state index is 0.243. The molecule has 19 heavy (non-hydrogen) atoms. The smallest absolute Gasteiger partial charge is 0.144 e. The van der Waals surface area contributed by atoms with Crippen molar-refractivity contribution >= 4 is 17.2 Å². The van der Waals surface area contributed by atoms with Crippen molar-refractivity contribution in [1.29, 1.82) is 0 Å². The first-order valence-electron chi connectivity index (χ1n) is 6.68. The van der Waals surface area contributed by atoms with Crippen LogP contribution >= 0.6 is 11.3 Å². The molecule has 5 heteroatoms. The minimum atomic E-state index is -0.243. The summed E-state index contributed by atoms with van der Waals surface area (Å²) in [5.74, 6) is 0.304. The number of nitrogens with zero attached hydrogens (tertiary/aromatic N) is 1. The van der Waals surface area contributed by atoms with Gasteiger partial charge in [0, 0.05) is 11.5 Å². The van der Waals surface area contributed by atoms with Crippen molar-refractivity contribution in [1.82, 2.24) is 5.32 Å². The summed E-state index contributed by atoms with van der Waals surface area (Å²) in [4.78, 5) is 0. The summed E-state index contributed by atoms with van der Waals surface area (Å²) in [5.41, 5.74) is 6.81. The molecule has 0 saturated heterocycles. The van der Waals surface area contributed by atoms with Crippen LogP contribution in [0.2, 0.25) is 0 Å². The third-order valence-electron chi connectivity index (χ3n) is 3.39. The molecule has 1 aromatic heterocycles. The lowest BCUT2D eigenvalue weighted by molar-refractivity contribution is 0.304. The highest BCUT2D eigenvalue weighted by atomic mass is 32.1. The molecule has 108 valence electrons. The second-order valence-electron chi connectivity index (χ2n) is 5.66. The van der Waals surface area contributed by atoms with Gasteiger partial charge >= 0.3 is 0 Å². The van der Waals surface area contributed by atoms with Gasteiger partial charge in [-0.3, -0.25) is 0 Å². The van der Waals surface area contributed by atoms with Gasteiger partial charge in [0.25, 0.3) is 0 Å². The normalized spacial score (nSPS) is 14.6. The highest BCUT2D eigenvalue weighted by molar-refractivity contribution is 7.07. The Morgan fingerprint density at radius 3 is 2.89 bits per heavy atom. The van der Waals surface area contributed by atoms with Crippen LogP contribution in [0.3, 0.4) is 0 Å². The Morgan fingerprint density at radius 1 is 1.58 bits per heavy atom. The fraction of sp³-hybridized carbons (Fsp3) is 0.643. The first-order chi connectivity index (χ1) is 8.95. The molecule has 0 saturated carbocycles. The molecule has 4 nitrogen and oxygen atoms in total. The molecule has 0 aliphatic carbocycles. The summed E-state index contributed by atoms with van der Waals surface area (Å²) in [7, 11) is 0. The van der Waals surface area contributed by atoms with Crippen molar-refractivity contribution in [3.05, 3.63) is 22.4 Å². The molecule has 0 bridgehead atoms. The number of hydrogen-bond donors (Lipinski definition) is 3. The monoisotopic (exact) mass is 283 g/mol. The van der Waals surface area contributed by atoms with E-state index in [1.165, 1.54) is 5.56 Å². The Bertz CT molecular complexity index is 387. The zero-order valence-corrected chi connectivity index (χ0v) is 12.8.